The predicted octanol–water partition coefficient (Wildman–Crippen LogP) is 4.45. The summed E-state index contributed by atoms with van der Waals surface area (Å²) in [5.41, 5.74) is 1.02. The Balaban J connectivity index is 1.31. The molecule has 1 unspecified atom stereocenters. The molecule has 32 heavy (non-hydrogen) atoms. The topological polar surface area (TPSA) is 89.7 Å². The zero-order chi connectivity index (χ0) is 22.7. The highest BCUT2D eigenvalue weighted by Gasteiger charge is 2.38. The Morgan fingerprint density at radius 2 is 1.81 bits per heavy atom. The van der Waals surface area contributed by atoms with Crippen molar-refractivity contribution in [1.82, 2.24) is 15.0 Å². The minimum Gasteiger partial charge on any atom is -0.497 e. The molecule has 0 spiro atoms. The zero-order valence-corrected chi connectivity index (χ0v) is 16.9. The molecule has 3 aromatic rings. The molecular weight excluding hydrogens is 429 g/mol. The number of halogens is 3. The van der Waals surface area contributed by atoms with Crippen LogP contribution in [0.4, 0.5) is 23.7 Å². The average Bonchev–Trinajstić information content (AvgIpc) is 3.45. The van der Waals surface area contributed by atoms with E-state index in [4.69, 9.17) is 9.47 Å². The molecule has 1 aliphatic rings. The van der Waals surface area contributed by atoms with Crippen LogP contribution in [0, 0.1) is 0 Å². The summed E-state index contributed by atoms with van der Waals surface area (Å²) in [5.74, 6) is -0.336. The van der Waals surface area contributed by atoms with Gasteiger partial charge in [-0.1, -0.05) is 5.16 Å². The van der Waals surface area contributed by atoms with Crippen molar-refractivity contribution < 1.29 is 32.0 Å². The molecule has 4 rings (SSSR count). The van der Waals surface area contributed by atoms with E-state index in [-0.39, 0.29) is 18.0 Å². The number of alkyl halides is 3. The minimum absolute atomic E-state index is 0.161. The summed E-state index contributed by atoms with van der Waals surface area (Å²) < 4.78 is 53.0. The highest BCUT2D eigenvalue weighted by molar-refractivity contribution is 5.89. The van der Waals surface area contributed by atoms with Gasteiger partial charge in [-0.3, -0.25) is 0 Å². The lowest BCUT2D eigenvalue weighted by Crippen LogP contribution is -2.34. The summed E-state index contributed by atoms with van der Waals surface area (Å²) >= 11 is 0. The summed E-state index contributed by atoms with van der Waals surface area (Å²) in [7, 11) is 1.57. The first kappa shape index (κ1) is 21.5. The van der Waals surface area contributed by atoms with Crippen molar-refractivity contribution in [3.63, 3.8) is 0 Å². The van der Waals surface area contributed by atoms with Gasteiger partial charge in [-0.15, -0.1) is 0 Å². The first-order chi connectivity index (χ1) is 15.3. The maximum Gasteiger partial charge on any atom is 0.471 e. The molecule has 0 saturated carbocycles. The van der Waals surface area contributed by atoms with Gasteiger partial charge < -0.3 is 24.2 Å². The number of nitrogens with zero attached hydrogens (tertiary/aromatic N) is 3. The Morgan fingerprint density at radius 3 is 2.44 bits per heavy atom. The van der Waals surface area contributed by atoms with Crippen molar-refractivity contribution in [2.24, 2.45) is 0 Å². The average molecular weight is 448 g/mol. The number of likely N-dealkylation sites (tertiary alicyclic amines) is 1. The standard InChI is InChI=1S/C21H19F3N4O4/c1-30-15-8-4-14(5-9-15)25-20(29)28-11-10-17(12-28)31-16-6-2-13(3-7-16)18-26-19(32-27-18)21(22,23)24/h2-9,17H,10-12H2,1H3,(H,25,29). The maximum atomic E-state index is 12.6. The highest BCUT2D eigenvalue weighted by Crippen LogP contribution is 2.30. The molecule has 1 aromatic heterocycles. The van der Waals surface area contributed by atoms with Crippen LogP contribution in [0.2, 0.25) is 0 Å². The summed E-state index contributed by atoms with van der Waals surface area (Å²) in [6, 6.07) is 13.1. The number of ether oxygens (including phenoxy) is 2. The van der Waals surface area contributed by atoms with E-state index in [2.05, 4.69) is 20.0 Å². The Hall–Kier alpha value is -3.76. The van der Waals surface area contributed by atoms with E-state index in [1.165, 1.54) is 0 Å². The molecule has 0 bridgehead atoms. The van der Waals surface area contributed by atoms with Gasteiger partial charge in [0.15, 0.2) is 0 Å². The Kier molecular flexibility index (Phi) is 5.89. The molecular formula is C21H19F3N4O4. The van der Waals surface area contributed by atoms with Crippen LogP contribution in [0.25, 0.3) is 11.4 Å². The molecule has 0 aliphatic carbocycles. The number of urea groups is 1. The Morgan fingerprint density at radius 1 is 1.12 bits per heavy atom. The zero-order valence-electron chi connectivity index (χ0n) is 16.9. The number of rotatable bonds is 5. The van der Waals surface area contributed by atoms with E-state index in [0.717, 1.165) is 0 Å². The molecule has 2 heterocycles. The third kappa shape index (κ3) is 4.93. The third-order valence-corrected chi connectivity index (χ3v) is 4.86. The second-order valence-electron chi connectivity index (χ2n) is 7.08. The summed E-state index contributed by atoms with van der Waals surface area (Å²) in [6.45, 7) is 0.942. The van der Waals surface area contributed by atoms with Gasteiger partial charge in [0.1, 0.15) is 17.6 Å². The number of amides is 2. The quantitative estimate of drug-likeness (QED) is 0.620. The van der Waals surface area contributed by atoms with Crippen LogP contribution in [0.5, 0.6) is 11.5 Å². The highest BCUT2D eigenvalue weighted by atomic mass is 19.4. The molecule has 1 N–H and O–H groups in total. The lowest BCUT2D eigenvalue weighted by molar-refractivity contribution is -0.159. The van der Waals surface area contributed by atoms with Gasteiger partial charge in [0, 0.05) is 24.2 Å². The SMILES string of the molecule is COc1ccc(NC(=O)N2CCC(Oc3ccc(-c4noc(C(F)(F)F)n4)cc3)C2)cc1. The third-order valence-electron chi connectivity index (χ3n) is 4.86. The number of nitrogens with one attached hydrogen (secondary N) is 1. The van der Waals surface area contributed by atoms with Crippen molar-refractivity contribution in [3.8, 4) is 22.9 Å². The normalized spacial score (nSPS) is 16.1. The minimum atomic E-state index is -4.69. The number of hydrogen-bond donors (Lipinski definition) is 1. The van der Waals surface area contributed by atoms with E-state index >= 15 is 0 Å². The molecule has 1 aliphatic heterocycles. The Labute approximate surface area is 180 Å². The molecule has 0 radical (unpaired) electrons. The monoisotopic (exact) mass is 448 g/mol. The largest absolute Gasteiger partial charge is 0.497 e. The van der Waals surface area contributed by atoms with Crippen LogP contribution in [-0.2, 0) is 6.18 Å². The van der Waals surface area contributed by atoms with Gasteiger partial charge in [0.2, 0.25) is 5.82 Å². The molecule has 1 saturated heterocycles. The van der Waals surface area contributed by atoms with E-state index in [1.807, 2.05) is 0 Å². The number of aromatic nitrogens is 2. The van der Waals surface area contributed by atoms with E-state index in [0.29, 0.717) is 42.3 Å². The van der Waals surface area contributed by atoms with Crippen LogP contribution in [0.1, 0.15) is 12.3 Å². The number of anilines is 1. The van der Waals surface area contributed by atoms with Crippen molar-refractivity contribution in [2.75, 3.05) is 25.5 Å². The van der Waals surface area contributed by atoms with Crippen molar-refractivity contribution in [2.45, 2.75) is 18.7 Å². The maximum absolute atomic E-state index is 12.6. The first-order valence-electron chi connectivity index (χ1n) is 9.70. The number of carbonyl (C=O) groups excluding carboxylic acids is 1. The van der Waals surface area contributed by atoms with Gasteiger partial charge in [-0.05, 0) is 48.5 Å². The molecule has 2 amide bonds. The number of hydrogen-bond acceptors (Lipinski definition) is 6. The molecule has 1 fully saturated rings. The second kappa shape index (κ2) is 8.77. The first-order valence-corrected chi connectivity index (χ1v) is 9.70. The molecule has 1 atom stereocenters. The fourth-order valence-electron chi connectivity index (χ4n) is 3.22. The lowest BCUT2D eigenvalue weighted by atomic mass is 10.2. The van der Waals surface area contributed by atoms with E-state index in [1.54, 1.807) is 60.5 Å². The number of carbonyl (C=O) groups is 1. The Bertz CT molecular complexity index is 1070. The number of benzene rings is 2. The molecule has 168 valence electrons. The fraction of sp³-hybridized carbons (Fsp3) is 0.286. The number of methoxy groups -OCH3 is 1. The lowest BCUT2D eigenvalue weighted by Gasteiger charge is -2.18. The van der Waals surface area contributed by atoms with Crippen LogP contribution in [0.3, 0.4) is 0 Å². The second-order valence-corrected chi connectivity index (χ2v) is 7.08. The summed E-state index contributed by atoms with van der Waals surface area (Å²) in [4.78, 5) is 17.5. The van der Waals surface area contributed by atoms with E-state index < -0.39 is 12.1 Å². The van der Waals surface area contributed by atoms with Gasteiger partial charge >= 0.3 is 18.1 Å². The van der Waals surface area contributed by atoms with E-state index in [9.17, 15) is 18.0 Å². The van der Waals surface area contributed by atoms with Gasteiger partial charge in [-0.25, -0.2) is 4.79 Å². The van der Waals surface area contributed by atoms with Gasteiger partial charge in [0.05, 0.1) is 13.7 Å². The molecule has 2 aromatic carbocycles. The van der Waals surface area contributed by atoms with Crippen LogP contribution in [-0.4, -0.2) is 47.4 Å². The van der Waals surface area contributed by atoms with Crippen LogP contribution in [0.15, 0.2) is 53.1 Å². The summed E-state index contributed by atoms with van der Waals surface area (Å²) in [5, 5.41) is 6.18. The molecule has 11 heteroatoms. The fourth-order valence-corrected chi connectivity index (χ4v) is 3.22. The van der Waals surface area contributed by atoms with Crippen molar-refractivity contribution >= 4 is 11.7 Å². The summed E-state index contributed by atoms with van der Waals surface area (Å²) in [6.07, 6.45) is -4.25. The van der Waals surface area contributed by atoms with Gasteiger partial charge in [-0.2, -0.15) is 18.2 Å². The predicted molar refractivity (Wildman–Crippen MR) is 107 cm³/mol. The van der Waals surface area contributed by atoms with Crippen molar-refractivity contribution in [1.29, 1.82) is 0 Å². The van der Waals surface area contributed by atoms with Crippen molar-refractivity contribution in [3.05, 3.63) is 54.4 Å². The van der Waals surface area contributed by atoms with Gasteiger partial charge in [0.25, 0.3) is 0 Å². The van der Waals surface area contributed by atoms with Crippen LogP contribution < -0.4 is 14.8 Å². The smallest absolute Gasteiger partial charge is 0.471 e. The van der Waals surface area contributed by atoms with Crippen LogP contribution >= 0.6 is 0 Å². The molecule has 8 nitrogen and oxygen atoms in total.